The van der Waals surface area contributed by atoms with Crippen molar-refractivity contribution in [1.29, 1.82) is 0 Å². The van der Waals surface area contributed by atoms with E-state index in [1.165, 1.54) is 0 Å². The minimum Gasteiger partial charge on any atom is -0.480 e. The number of nitrogens with two attached hydrogens (primary N) is 1. The molecular weight excluding hydrogens is 220 g/mol. The Kier molecular flexibility index (Phi) is 6.04. The number of nitrogens with zero attached hydrogens (tertiary/aromatic N) is 1. The first kappa shape index (κ1) is 14.3. The second-order valence-corrected chi connectivity index (χ2v) is 3.12. The second kappa shape index (κ2) is 6.75. The van der Waals surface area contributed by atoms with Gasteiger partial charge in [-0.05, 0) is 13.0 Å². The molecule has 0 saturated carbocycles. The Labute approximate surface area is 91.3 Å². The molecule has 0 fully saturated rings. The summed E-state index contributed by atoms with van der Waals surface area (Å²) in [4.78, 5) is 32.6. The zero-order chi connectivity index (χ0) is 12.7. The van der Waals surface area contributed by atoms with Gasteiger partial charge in [0, 0.05) is 0 Å². The number of rotatable bonds is 8. The van der Waals surface area contributed by atoms with Crippen molar-refractivity contribution in [1.82, 2.24) is 4.90 Å². The molecule has 0 amide bonds. The number of carboxylic acid groups (broad SMARTS) is 3. The van der Waals surface area contributed by atoms with Crippen LogP contribution in [0.3, 0.4) is 0 Å². The molecule has 0 aromatic carbocycles. The fourth-order valence-corrected chi connectivity index (χ4v) is 1.24. The van der Waals surface area contributed by atoms with Gasteiger partial charge in [-0.15, -0.1) is 0 Å². The van der Waals surface area contributed by atoms with Gasteiger partial charge in [0.05, 0.1) is 13.1 Å². The van der Waals surface area contributed by atoms with Crippen molar-refractivity contribution >= 4 is 17.9 Å². The molecule has 1 atom stereocenters. The predicted octanol–water partition coefficient (Wildman–Crippen LogP) is -1.74. The average molecular weight is 234 g/mol. The summed E-state index contributed by atoms with van der Waals surface area (Å²) in [5.41, 5.74) is 5.18. The summed E-state index contributed by atoms with van der Waals surface area (Å²) < 4.78 is 0. The SMILES string of the molecule is NCCC(C(=O)O)N(CC(=O)O)CC(=O)O. The fourth-order valence-electron chi connectivity index (χ4n) is 1.24. The van der Waals surface area contributed by atoms with Gasteiger partial charge in [-0.1, -0.05) is 0 Å². The van der Waals surface area contributed by atoms with Gasteiger partial charge in [-0.25, -0.2) is 0 Å². The van der Waals surface area contributed by atoms with E-state index in [9.17, 15) is 14.4 Å². The lowest BCUT2D eigenvalue weighted by Gasteiger charge is -2.24. The standard InChI is InChI=1S/C8H14N2O6/c9-2-1-5(8(15)16)10(3-6(11)12)4-7(13)14/h5H,1-4,9H2,(H,11,12)(H,13,14)(H,15,16). The Morgan fingerprint density at radius 3 is 1.75 bits per heavy atom. The maximum atomic E-state index is 10.8. The van der Waals surface area contributed by atoms with Crippen LogP contribution in [0, 0.1) is 0 Å². The Balaban J connectivity index is 4.72. The van der Waals surface area contributed by atoms with Gasteiger partial charge in [0.25, 0.3) is 0 Å². The van der Waals surface area contributed by atoms with E-state index in [0.717, 1.165) is 4.90 Å². The summed E-state index contributed by atoms with van der Waals surface area (Å²) in [5.74, 6) is -3.86. The van der Waals surface area contributed by atoms with Gasteiger partial charge in [-0.2, -0.15) is 0 Å². The average Bonchev–Trinajstić information content (AvgIpc) is 2.10. The second-order valence-electron chi connectivity index (χ2n) is 3.12. The quantitative estimate of drug-likeness (QED) is 0.387. The summed E-state index contributed by atoms with van der Waals surface area (Å²) in [5, 5.41) is 25.9. The molecule has 0 spiro atoms. The highest BCUT2D eigenvalue weighted by atomic mass is 16.4. The molecule has 0 radical (unpaired) electrons. The molecule has 92 valence electrons. The maximum Gasteiger partial charge on any atom is 0.320 e. The molecule has 0 aliphatic heterocycles. The van der Waals surface area contributed by atoms with Crippen molar-refractivity contribution in [3.8, 4) is 0 Å². The predicted molar refractivity (Wildman–Crippen MR) is 51.9 cm³/mol. The molecular formula is C8H14N2O6. The van der Waals surface area contributed by atoms with E-state index in [1.807, 2.05) is 0 Å². The van der Waals surface area contributed by atoms with Crippen LogP contribution in [0.25, 0.3) is 0 Å². The molecule has 0 heterocycles. The number of aliphatic carboxylic acids is 3. The van der Waals surface area contributed by atoms with Gasteiger partial charge in [0.2, 0.25) is 0 Å². The molecule has 8 nitrogen and oxygen atoms in total. The largest absolute Gasteiger partial charge is 0.480 e. The van der Waals surface area contributed by atoms with Crippen molar-refractivity contribution in [3.05, 3.63) is 0 Å². The third-order valence-electron chi connectivity index (χ3n) is 1.84. The summed E-state index contributed by atoms with van der Waals surface area (Å²) in [6, 6.07) is -1.20. The van der Waals surface area contributed by atoms with Crippen LogP contribution in [0.1, 0.15) is 6.42 Å². The van der Waals surface area contributed by atoms with Gasteiger partial charge in [-0.3, -0.25) is 19.3 Å². The van der Waals surface area contributed by atoms with E-state index in [2.05, 4.69) is 0 Å². The summed E-state index contributed by atoms with van der Waals surface area (Å²) in [6.45, 7) is -1.26. The van der Waals surface area contributed by atoms with Crippen LogP contribution in [0.4, 0.5) is 0 Å². The zero-order valence-corrected chi connectivity index (χ0v) is 8.50. The first-order valence-electron chi connectivity index (χ1n) is 4.49. The Morgan fingerprint density at radius 1 is 1.06 bits per heavy atom. The summed E-state index contributed by atoms with van der Waals surface area (Å²) in [6.07, 6.45) is -0.00407. The highest BCUT2D eigenvalue weighted by molar-refractivity contribution is 5.78. The van der Waals surface area contributed by atoms with Crippen LogP contribution in [0.5, 0.6) is 0 Å². The van der Waals surface area contributed by atoms with Gasteiger partial charge in [0.15, 0.2) is 0 Å². The van der Waals surface area contributed by atoms with Crippen molar-refractivity contribution < 1.29 is 29.7 Å². The van der Waals surface area contributed by atoms with Crippen molar-refractivity contribution in [2.75, 3.05) is 19.6 Å². The molecule has 16 heavy (non-hydrogen) atoms. The van der Waals surface area contributed by atoms with Crippen molar-refractivity contribution in [2.24, 2.45) is 5.73 Å². The van der Waals surface area contributed by atoms with Crippen LogP contribution in [-0.4, -0.2) is 63.8 Å². The third kappa shape index (κ3) is 5.27. The first-order chi connectivity index (χ1) is 7.38. The highest BCUT2D eigenvalue weighted by Crippen LogP contribution is 2.04. The Hall–Kier alpha value is -1.67. The topological polar surface area (TPSA) is 141 Å². The lowest BCUT2D eigenvalue weighted by molar-refractivity contribution is -0.149. The number of hydrogen-bond acceptors (Lipinski definition) is 5. The summed E-state index contributed by atoms with van der Waals surface area (Å²) in [7, 11) is 0. The number of carbonyl (C=O) groups is 3. The van der Waals surface area contributed by atoms with E-state index >= 15 is 0 Å². The number of hydrogen-bond donors (Lipinski definition) is 4. The van der Waals surface area contributed by atoms with E-state index < -0.39 is 37.0 Å². The Morgan fingerprint density at radius 2 is 1.50 bits per heavy atom. The molecule has 5 N–H and O–H groups in total. The molecule has 1 unspecified atom stereocenters. The first-order valence-corrected chi connectivity index (χ1v) is 4.49. The molecule has 0 aromatic rings. The van der Waals surface area contributed by atoms with Crippen LogP contribution in [0.2, 0.25) is 0 Å². The van der Waals surface area contributed by atoms with E-state index in [1.54, 1.807) is 0 Å². The van der Waals surface area contributed by atoms with Crippen LogP contribution >= 0.6 is 0 Å². The molecule has 0 aliphatic carbocycles. The summed E-state index contributed by atoms with van der Waals surface area (Å²) >= 11 is 0. The van der Waals surface area contributed by atoms with Crippen molar-refractivity contribution in [3.63, 3.8) is 0 Å². The van der Waals surface area contributed by atoms with E-state index in [4.69, 9.17) is 21.1 Å². The maximum absolute atomic E-state index is 10.8. The van der Waals surface area contributed by atoms with Gasteiger partial charge < -0.3 is 21.1 Å². The van der Waals surface area contributed by atoms with Crippen molar-refractivity contribution in [2.45, 2.75) is 12.5 Å². The zero-order valence-electron chi connectivity index (χ0n) is 8.50. The smallest absolute Gasteiger partial charge is 0.320 e. The normalized spacial score (nSPS) is 12.4. The minimum absolute atomic E-state index is 0.00407. The lowest BCUT2D eigenvalue weighted by atomic mass is 10.1. The van der Waals surface area contributed by atoms with Gasteiger partial charge >= 0.3 is 17.9 Å². The molecule has 0 rings (SSSR count). The Bertz CT molecular complexity index is 264. The molecule has 0 bridgehead atoms. The third-order valence-corrected chi connectivity index (χ3v) is 1.84. The molecule has 0 aliphatic rings. The molecule has 8 heteroatoms. The van der Waals surface area contributed by atoms with Crippen LogP contribution < -0.4 is 5.73 Å². The number of carboxylic acids is 3. The minimum atomic E-state index is -1.29. The monoisotopic (exact) mass is 234 g/mol. The van der Waals surface area contributed by atoms with Gasteiger partial charge in [0.1, 0.15) is 6.04 Å². The van der Waals surface area contributed by atoms with E-state index in [0.29, 0.717) is 0 Å². The van der Waals surface area contributed by atoms with E-state index in [-0.39, 0.29) is 13.0 Å². The highest BCUT2D eigenvalue weighted by Gasteiger charge is 2.28. The van der Waals surface area contributed by atoms with Crippen LogP contribution in [-0.2, 0) is 14.4 Å². The molecule has 0 saturated heterocycles. The van der Waals surface area contributed by atoms with Crippen LogP contribution in [0.15, 0.2) is 0 Å². The lowest BCUT2D eigenvalue weighted by Crippen LogP contribution is -2.47. The fraction of sp³-hybridized carbons (Fsp3) is 0.625. The molecule has 0 aromatic heterocycles.